The van der Waals surface area contributed by atoms with Crippen LogP contribution in [0, 0.1) is 0 Å². The fourth-order valence-electron chi connectivity index (χ4n) is 2.48. The van der Waals surface area contributed by atoms with E-state index in [0.29, 0.717) is 12.1 Å². The lowest BCUT2D eigenvalue weighted by Gasteiger charge is -2.16. The third-order valence-corrected chi connectivity index (χ3v) is 3.53. The van der Waals surface area contributed by atoms with Crippen LogP contribution < -0.4 is 0 Å². The Bertz CT molecular complexity index is 653. The molecule has 2 atom stereocenters. The van der Waals surface area contributed by atoms with E-state index < -0.39 is 6.04 Å². The van der Waals surface area contributed by atoms with E-state index in [0.717, 1.165) is 5.56 Å². The molecule has 1 aliphatic heterocycles. The highest BCUT2D eigenvalue weighted by molar-refractivity contribution is 6.01. The summed E-state index contributed by atoms with van der Waals surface area (Å²) in [5.41, 5.74) is 1.35. The van der Waals surface area contributed by atoms with Crippen molar-refractivity contribution in [2.45, 2.75) is 12.0 Å². The number of nitrogens with zero attached hydrogens (tertiary/aromatic N) is 2. The zero-order chi connectivity index (χ0) is 13.9. The minimum atomic E-state index is -0.550. The number of Topliss-reactive ketones (excluding diaryl/α,β-unsaturated/α-hetero) is 1. The first-order chi connectivity index (χ1) is 9.77. The van der Waals surface area contributed by atoms with Crippen LogP contribution in [0.5, 0.6) is 5.75 Å². The van der Waals surface area contributed by atoms with Gasteiger partial charge in [0.1, 0.15) is 11.8 Å². The van der Waals surface area contributed by atoms with Crippen LogP contribution in [0.3, 0.4) is 0 Å². The molecule has 0 spiro atoms. The monoisotopic (exact) mass is 266 g/mol. The van der Waals surface area contributed by atoms with Gasteiger partial charge in [0.15, 0.2) is 5.78 Å². The average Bonchev–Trinajstić information content (AvgIpc) is 2.97. The first kappa shape index (κ1) is 12.5. The van der Waals surface area contributed by atoms with Gasteiger partial charge >= 0.3 is 0 Å². The molecule has 100 valence electrons. The van der Waals surface area contributed by atoms with Gasteiger partial charge in [0.25, 0.3) is 0 Å². The smallest absolute Gasteiger partial charge is 0.189 e. The summed E-state index contributed by atoms with van der Waals surface area (Å²) in [4.78, 5) is 12.5. The molecule has 0 saturated carbocycles. The molecule has 0 aromatic heterocycles. The number of para-hydroxylation sites is 1. The zero-order valence-electron chi connectivity index (χ0n) is 10.8. The molecule has 1 heterocycles. The van der Waals surface area contributed by atoms with Crippen molar-refractivity contribution in [3.8, 4) is 5.75 Å². The number of hydrogen-bond acceptors (Lipinski definition) is 4. The molecule has 1 N–H and O–H groups in total. The molecule has 2 aromatic carbocycles. The van der Waals surface area contributed by atoms with E-state index in [1.54, 1.807) is 24.3 Å². The summed E-state index contributed by atoms with van der Waals surface area (Å²) in [6, 6.07) is 15.6. The molecular weight excluding hydrogens is 252 g/mol. The van der Waals surface area contributed by atoms with Crippen LogP contribution in [0.15, 0.2) is 64.8 Å². The number of azo groups is 1. The number of carbonyl (C=O) groups is 1. The predicted molar refractivity (Wildman–Crippen MR) is 75.1 cm³/mol. The van der Waals surface area contributed by atoms with Crippen LogP contribution in [-0.4, -0.2) is 23.5 Å². The topological polar surface area (TPSA) is 62.0 Å². The van der Waals surface area contributed by atoms with Crippen LogP contribution in [0.2, 0.25) is 0 Å². The van der Waals surface area contributed by atoms with Crippen molar-refractivity contribution in [3.05, 3.63) is 65.7 Å². The van der Waals surface area contributed by atoms with Gasteiger partial charge in [-0.25, -0.2) is 0 Å². The van der Waals surface area contributed by atoms with Crippen molar-refractivity contribution < 1.29 is 9.90 Å². The van der Waals surface area contributed by atoms with Gasteiger partial charge in [-0.15, -0.1) is 0 Å². The molecule has 20 heavy (non-hydrogen) atoms. The van der Waals surface area contributed by atoms with Crippen molar-refractivity contribution >= 4 is 5.78 Å². The van der Waals surface area contributed by atoms with Crippen LogP contribution in [-0.2, 0) is 0 Å². The van der Waals surface area contributed by atoms with Crippen LogP contribution in [0.4, 0.5) is 0 Å². The van der Waals surface area contributed by atoms with E-state index in [2.05, 4.69) is 10.2 Å². The quantitative estimate of drug-likeness (QED) is 0.867. The number of benzene rings is 2. The standard InChI is InChI=1S/C16H14N2O2/c19-14-9-5-4-8-12(14)13-10-17-18-15(13)16(20)11-6-2-1-3-7-11/h1-9,13,15,19H,10H2/t13-,15-/m0/s1. The lowest BCUT2D eigenvalue weighted by atomic mass is 9.87. The normalized spacial score (nSPS) is 21.0. The first-order valence-electron chi connectivity index (χ1n) is 6.51. The maximum Gasteiger partial charge on any atom is 0.189 e. The van der Waals surface area contributed by atoms with Gasteiger partial charge in [-0.1, -0.05) is 48.5 Å². The summed E-state index contributed by atoms with van der Waals surface area (Å²) in [6.45, 7) is 0.431. The maximum absolute atomic E-state index is 12.5. The fraction of sp³-hybridized carbons (Fsp3) is 0.188. The Kier molecular flexibility index (Phi) is 3.29. The van der Waals surface area contributed by atoms with Crippen molar-refractivity contribution in [2.75, 3.05) is 6.54 Å². The highest BCUT2D eigenvalue weighted by Gasteiger charge is 2.35. The van der Waals surface area contributed by atoms with E-state index in [4.69, 9.17) is 0 Å². The third kappa shape index (κ3) is 2.20. The number of aromatic hydroxyl groups is 1. The number of phenolic OH excluding ortho intramolecular Hbond substituents is 1. The fourth-order valence-corrected chi connectivity index (χ4v) is 2.48. The highest BCUT2D eigenvalue weighted by Crippen LogP contribution is 2.34. The summed E-state index contributed by atoms with van der Waals surface area (Å²) in [6.07, 6.45) is 0. The molecule has 0 unspecified atom stereocenters. The summed E-state index contributed by atoms with van der Waals surface area (Å²) >= 11 is 0. The Morgan fingerprint density at radius 2 is 1.75 bits per heavy atom. The predicted octanol–water partition coefficient (Wildman–Crippen LogP) is 3.19. The van der Waals surface area contributed by atoms with Gasteiger partial charge in [0.2, 0.25) is 0 Å². The molecule has 4 heteroatoms. The summed E-state index contributed by atoms with van der Waals surface area (Å²) in [5.74, 6) is -0.0559. The average molecular weight is 266 g/mol. The highest BCUT2D eigenvalue weighted by atomic mass is 16.3. The van der Waals surface area contributed by atoms with Crippen molar-refractivity contribution in [2.24, 2.45) is 10.2 Å². The minimum absolute atomic E-state index is 0.0555. The lowest BCUT2D eigenvalue weighted by Crippen LogP contribution is -2.24. The number of carbonyl (C=O) groups excluding carboxylic acids is 1. The Morgan fingerprint density at radius 3 is 2.50 bits per heavy atom. The molecule has 0 bridgehead atoms. The van der Waals surface area contributed by atoms with E-state index in [1.165, 1.54) is 0 Å². The van der Waals surface area contributed by atoms with Gasteiger partial charge in [-0.3, -0.25) is 4.79 Å². The molecular formula is C16H14N2O2. The number of rotatable bonds is 3. The SMILES string of the molecule is O=C(c1ccccc1)[C@H]1N=NC[C@H]1c1ccccc1O. The van der Waals surface area contributed by atoms with Crippen molar-refractivity contribution in [3.63, 3.8) is 0 Å². The second kappa shape index (κ2) is 5.25. The molecule has 0 aliphatic carbocycles. The van der Waals surface area contributed by atoms with Crippen molar-refractivity contribution in [1.82, 2.24) is 0 Å². The van der Waals surface area contributed by atoms with E-state index in [1.807, 2.05) is 30.3 Å². The molecule has 1 aliphatic rings. The molecule has 0 fully saturated rings. The number of hydrogen-bond donors (Lipinski definition) is 1. The van der Waals surface area contributed by atoms with Gasteiger partial charge in [-0.2, -0.15) is 10.2 Å². The number of phenols is 1. The lowest BCUT2D eigenvalue weighted by molar-refractivity contribution is 0.0955. The van der Waals surface area contributed by atoms with Crippen LogP contribution >= 0.6 is 0 Å². The largest absolute Gasteiger partial charge is 0.508 e. The summed E-state index contributed by atoms with van der Waals surface area (Å²) in [5, 5.41) is 18.0. The van der Waals surface area contributed by atoms with Gasteiger partial charge < -0.3 is 5.11 Å². The summed E-state index contributed by atoms with van der Waals surface area (Å²) in [7, 11) is 0. The minimum Gasteiger partial charge on any atom is -0.508 e. The van der Waals surface area contributed by atoms with Gasteiger partial charge in [0, 0.05) is 17.0 Å². The molecule has 3 rings (SSSR count). The van der Waals surface area contributed by atoms with E-state index in [9.17, 15) is 9.90 Å². The Balaban J connectivity index is 1.92. The Labute approximate surface area is 116 Å². The maximum atomic E-state index is 12.5. The van der Waals surface area contributed by atoms with Crippen LogP contribution in [0.25, 0.3) is 0 Å². The molecule has 0 saturated heterocycles. The molecule has 0 radical (unpaired) electrons. The van der Waals surface area contributed by atoms with E-state index >= 15 is 0 Å². The second-order valence-electron chi connectivity index (χ2n) is 4.78. The zero-order valence-corrected chi connectivity index (χ0v) is 10.8. The molecule has 0 amide bonds. The summed E-state index contributed by atoms with van der Waals surface area (Å²) < 4.78 is 0. The van der Waals surface area contributed by atoms with Crippen LogP contribution in [0.1, 0.15) is 21.8 Å². The van der Waals surface area contributed by atoms with Gasteiger partial charge in [0.05, 0.1) is 6.54 Å². The van der Waals surface area contributed by atoms with Crippen molar-refractivity contribution in [1.29, 1.82) is 0 Å². The Hall–Kier alpha value is -2.49. The Morgan fingerprint density at radius 1 is 1.05 bits per heavy atom. The van der Waals surface area contributed by atoms with Gasteiger partial charge in [-0.05, 0) is 6.07 Å². The van der Waals surface area contributed by atoms with E-state index in [-0.39, 0.29) is 17.5 Å². The molecule has 4 nitrogen and oxygen atoms in total. The second-order valence-corrected chi connectivity index (χ2v) is 4.78. The molecule has 2 aromatic rings. The third-order valence-electron chi connectivity index (χ3n) is 3.53. The number of ketones is 1. The first-order valence-corrected chi connectivity index (χ1v) is 6.51.